The van der Waals surface area contributed by atoms with Gasteiger partial charge in [-0.05, 0) is 50.6 Å². The van der Waals surface area contributed by atoms with Crippen LogP contribution in [-0.2, 0) is 9.53 Å². The number of halogens is 2. The van der Waals surface area contributed by atoms with E-state index in [0.29, 0.717) is 12.5 Å². The van der Waals surface area contributed by atoms with E-state index < -0.39 is 0 Å². The maximum Gasteiger partial charge on any atom is 0.242 e. The van der Waals surface area contributed by atoms with Gasteiger partial charge in [-0.2, -0.15) is 0 Å². The topological polar surface area (TPSA) is 44.8 Å². The molecule has 0 saturated carbocycles. The highest BCUT2D eigenvalue weighted by atomic mass is 35.5. The highest BCUT2D eigenvalue weighted by Crippen LogP contribution is 2.22. The van der Waals surface area contributed by atoms with Crippen LogP contribution in [0.25, 0.3) is 0 Å². The summed E-state index contributed by atoms with van der Waals surface area (Å²) in [5.74, 6) is 1.78. The lowest BCUT2D eigenvalue weighted by atomic mass is 9.94. The van der Waals surface area contributed by atoms with Gasteiger partial charge in [0.1, 0.15) is 6.04 Å². The summed E-state index contributed by atoms with van der Waals surface area (Å²) in [7, 11) is 0. The van der Waals surface area contributed by atoms with E-state index in [9.17, 15) is 4.79 Å². The zero-order valence-corrected chi connectivity index (χ0v) is 16.4. The molecule has 3 saturated heterocycles. The van der Waals surface area contributed by atoms with Crippen molar-refractivity contribution in [2.75, 3.05) is 52.5 Å². The number of carbonyl (C=O) groups is 1. The van der Waals surface area contributed by atoms with Gasteiger partial charge in [-0.25, -0.2) is 0 Å². The average Bonchev–Trinajstić information content (AvgIpc) is 2.57. The number of likely N-dealkylation sites (tertiary alicyclic amines) is 2. The number of nitrogens with zero attached hydrogens (tertiary/aromatic N) is 2. The van der Waals surface area contributed by atoms with E-state index in [-0.39, 0.29) is 36.8 Å². The fourth-order valence-corrected chi connectivity index (χ4v) is 3.97. The normalized spacial score (nSPS) is 29.5. The zero-order chi connectivity index (χ0) is 15.4. The van der Waals surface area contributed by atoms with Crippen molar-refractivity contribution in [2.24, 2.45) is 11.8 Å². The Kier molecular flexibility index (Phi) is 9.90. The third kappa shape index (κ3) is 6.03. The molecule has 2 unspecified atom stereocenters. The molecule has 0 radical (unpaired) electrons. The summed E-state index contributed by atoms with van der Waals surface area (Å²) in [5, 5.41) is 3.29. The number of hydrogen-bond donors (Lipinski definition) is 1. The number of carbonyl (C=O) groups excluding carboxylic acids is 1. The van der Waals surface area contributed by atoms with Gasteiger partial charge in [0, 0.05) is 26.2 Å². The van der Waals surface area contributed by atoms with Crippen LogP contribution >= 0.6 is 24.8 Å². The van der Waals surface area contributed by atoms with Gasteiger partial charge < -0.3 is 19.9 Å². The predicted octanol–water partition coefficient (Wildman–Crippen LogP) is 1.79. The summed E-state index contributed by atoms with van der Waals surface area (Å²) in [6.45, 7) is 9.91. The van der Waals surface area contributed by atoms with Gasteiger partial charge >= 0.3 is 0 Å². The standard InChI is InChI=1S/C17H31N3O2.2ClH/c1-14-4-8-19(9-5-14)11-15-3-2-7-20(12-15)17(21)16-13-22-10-6-18-16;;/h14-16,18H,2-13H2,1H3;2*1H. The highest BCUT2D eigenvalue weighted by molar-refractivity contribution is 5.85. The Bertz CT molecular complexity index is 373. The van der Waals surface area contributed by atoms with Crippen molar-refractivity contribution in [3.8, 4) is 0 Å². The molecule has 0 aliphatic carbocycles. The van der Waals surface area contributed by atoms with Crippen LogP contribution in [0.15, 0.2) is 0 Å². The van der Waals surface area contributed by atoms with Crippen molar-refractivity contribution in [1.29, 1.82) is 0 Å². The summed E-state index contributed by atoms with van der Waals surface area (Å²) in [5.41, 5.74) is 0. The summed E-state index contributed by atoms with van der Waals surface area (Å²) in [6, 6.07) is -0.122. The molecule has 2 atom stereocenters. The van der Waals surface area contributed by atoms with E-state index in [1.807, 2.05) is 0 Å². The second-order valence-corrected chi connectivity index (χ2v) is 7.36. The van der Waals surface area contributed by atoms with Crippen LogP contribution in [0.5, 0.6) is 0 Å². The number of nitrogens with one attached hydrogen (secondary N) is 1. The molecule has 0 aromatic rings. The van der Waals surface area contributed by atoms with Crippen LogP contribution < -0.4 is 5.32 Å². The molecule has 7 heteroatoms. The van der Waals surface area contributed by atoms with E-state index >= 15 is 0 Å². The van der Waals surface area contributed by atoms with Gasteiger partial charge in [0.05, 0.1) is 13.2 Å². The molecule has 5 nitrogen and oxygen atoms in total. The van der Waals surface area contributed by atoms with Crippen molar-refractivity contribution >= 4 is 30.7 Å². The minimum Gasteiger partial charge on any atom is -0.378 e. The lowest BCUT2D eigenvalue weighted by molar-refractivity contribution is -0.138. The maximum absolute atomic E-state index is 12.6. The monoisotopic (exact) mass is 381 g/mol. The fraction of sp³-hybridized carbons (Fsp3) is 0.941. The van der Waals surface area contributed by atoms with Gasteiger partial charge in [-0.3, -0.25) is 4.79 Å². The number of ether oxygens (including phenoxy) is 1. The van der Waals surface area contributed by atoms with Crippen molar-refractivity contribution in [3.63, 3.8) is 0 Å². The van der Waals surface area contributed by atoms with E-state index in [1.165, 1.54) is 38.9 Å². The summed E-state index contributed by atoms with van der Waals surface area (Å²) in [4.78, 5) is 17.3. The zero-order valence-electron chi connectivity index (χ0n) is 14.7. The Balaban J connectivity index is 0.00000144. The summed E-state index contributed by atoms with van der Waals surface area (Å²) >= 11 is 0. The lowest BCUT2D eigenvalue weighted by Crippen LogP contribution is -2.55. The summed E-state index contributed by atoms with van der Waals surface area (Å²) < 4.78 is 5.43. The maximum atomic E-state index is 12.6. The molecule has 1 N–H and O–H groups in total. The average molecular weight is 382 g/mol. The smallest absolute Gasteiger partial charge is 0.242 e. The minimum atomic E-state index is -0.122. The molecule has 3 heterocycles. The fourth-order valence-electron chi connectivity index (χ4n) is 3.97. The van der Waals surface area contributed by atoms with Crippen LogP contribution in [0.2, 0.25) is 0 Å². The molecule has 1 amide bonds. The van der Waals surface area contributed by atoms with E-state index in [4.69, 9.17) is 4.74 Å². The van der Waals surface area contributed by atoms with E-state index in [1.54, 1.807) is 0 Å². The Hall–Kier alpha value is -0.0700. The Labute approximate surface area is 158 Å². The Morgan fingerprint density at radius 1 is 1.17 bits per heavy atom. The lowest BCUT2D eigenvalue weighted by Gasteiger charge is -2.39. The minimum absolute atomic E-state index is 0. The molecule has 3 fully saturated rings. The third-order valence-electron chi connectivity index (χ3n) is 5.44. The second kappa shape index (κ2) is 10.8. The third-order valence-corrected chi connectivity index (χ3v) is 5.44. The first-order chi connectivity index (χ1) is 10.7. The number of morpholine rings is 1. The first kappa shape index (κ1) is 22.0. The predicted molar refractivity (Wildman–Crippen MR) is 101 cm³/mol. The Morgan fingerprint density at radius 3 is 2.58 bits per heavy atom. The van der Waals surface area contributed by atoms with Gasteiger partial charge in [-0.15, -0.1) is 24.8 Å². The van der Waals surface area contributed by atoms with Crippen LogP contribution in [0.4, 0.5) is 0 Å². The van der Waals surface area contributed by atoms with Gasteiger partial charge in [0.25, 0.3) is 0 Å². The van der Waals surface area contributed by atoms with Crippen LogP contribution in [0.3, 0.4) is 0 Å². The first-order valence-electron chi connectivity index (χ1n) is 9.04. The van der Waals surface area contributed by atoms with Crippen molar-refractivity contribution in [2.45, 2.75) is 38.6 Å². The molecule has 3 rings (SSSR count). The van der Waals surface area contributed by atoms with Crippen LogP contribution in [-0.4, -0.2) is 74.2 Å². The molecule has 0 aromatic carbocycles. The molecule has 24 heavy (non-hydrogen) atoms. The molecule has 0 bridgehead atoms. The van der Waals surface area contributed by atoms with E-state index in [0.717, 1.165) is 38.6 Å². The molecular formula is C17H33Cl2N3O2. The van der Waals surface area contributed by atoms with Gasteiger partial charge in [0.15, 0.2) is 0 Å². The molecule has 0 spiro atoms. The quantitative estimate of drug-likeness (QED) is 0.809. The van der Waals surface area contributed by atoms with Crippen LogP contribution in [0, 0.1) is 11.8 Å². The summed E-state index contributed by atoms with van der Waals surface area (Å²) in [6.07, 6.45) is 5.08. The number of rotatable bonds is 3. The number of amides is 1. The van der Waals surface area contributed by atoms with Crippen LogP contribution in [0.1, 0.15) is 32.6 Å². The molecule has 3 aliphatic rings. The number of piperidine rings is 2. The molecule has 3 aliphatic heterocycles. The van der Waals surface area contributed by atoms with Crippen molar-refractivity contribution < 1.29 is 9.53 Å². The number of hydrogen-bond acceptors (Lipinski definition) is 4. The van der Waals surface area contributed by atoms with E-state index in [2.05, 4.69) is 22.0 Å². The van der Waals surface area contributed by atoms with Gasteiger partial charge in [0.2, 0.25) is 5.91 Å². The second-order valence-electron chi connectivity index (χ2n) is 7.36. The van der Waals surface area contributed by atoms with Gasteiger partial charge in [-0.1, -0.05) is 6.92 Å². The Morgan fingerprint density at radius 2 is 1.92 bits per heavy atom. The molecule has 0 aromatic heterocycles. The largest absolute Gasteiger partial charge is 0.378 e. The van der Waals surface area contributed by atoms with Crippen molar-refractivity contribution in [3.05, 3.63) is 0 Å². The SMILES string of the molecule is CC1CCN(CC2CCCN(C(=O)C3COCCN3)C2)CC1.Cl.Cl. The molecular weight excluding hydrogens is 349 g/mol. The highest BCUT2D eigenvalue weighted by Gasteiger charge is 2.31. The van der Waals surface area contributed by atoms with Crippen molar-refractivity contribution in [1.82, 2.24) is 15.1 Å². The first-order valence-corrected chi connectivity index (χ1v) is 9.04. The molecule has 142 valence electrons.